The zero-order valence-electron chi connectivity index (χ0n) is 16.7. The van der Waals surface area contributed by atoms with E-state index in [-0.39, 0.29) is 12.5 Å². The molecule has 1 aliphatic rings. The topological polar surface area (TPSA) is 109 Å². The molecule has 3 aromatic rings. The van der Waals surface area contributed by atoms with Crippen LogP contribution in [0.3, 0.4) is 0 Å². The molecule has 1 unspecified atom stereocenters. The highest BCUT2D eigenvalue weighted by Gasteiger charge is 2.31. The molecular formula is C21H23BFNO6S. The lowest BCUT2D eigenvalue weighted by Gasteiger charge is -2.19. The highest BCUT2D eigenvalue weighted by molar-refractivity contribution is 7.88. The molecule has 4 rings (SSSR count). The molecule has 0 spiro atoms. The van der Waals surface area contributed by atoms with Gasteiger partial charge in [-0.1, -0.05) is 24.3 Å². The second-order valence-corrected chi connectivity index (χ2v) is 9.46. The quantitative estimate of drug-likeness (QED) is 0.458. The van der Waals surface area contributed by atoms with Crippen molar-refractivity contribution < 1.29 is 32.0 Å². The molecule has 10 heteroatoms. The maximum absolute atomic E-state index is 13.9. The number of benzene rings is 2. The Kier molecular flexibility index (Phi) is 6.45. The number of ether oxygens (including phenoxy) is 1. The van der Waals surface area contributed by atoms with E-state index in [9.17, 15) is 22.9 Å². The monoisotopic (exact) mass is 447 g/mol. The van der Waals surface area contributed by atoms with Crippen LogP contribution in [0.15, 0.2) is 53.1 Å². The lowest BCUT2D eigenvalue weighted by atomic mass is 9.77. The Bertz CT molecular complexity index is 1160. The molecule has 7 nitrogen and oxygen atoms in total. The summed E-state index contributed by atoms with van der Waals surface area (Å²) in [4.78, 5) is 0. The van der Waals surface area contributed by atoms with Crippen molar-refractivity contribution in [2.75, 3.05) is 6.61 Å². The van der Waals surface area contributed by atoms with Crippen LogP contribution in [0.1, 0.15) is 35.6 Å². The summed E-state index contributed by atoms with van der Waals surface area (Å²) in [7, 11) is -5.96. The largest absolute Gasteiger partial charge is 0.471 e. The highest BCUT2D eigenvalue weighted by atomic mass is 32.2. The van der Waals surface area contributed by atoms with Gasteiger partial charge in [-0.2, -0.15) is 0 Å². The zero-order chi connectivity index (χ0) is 22.0. The fraction of sp³-hybridized carbons (Fsp3) is 0.333. The summed E-state index contributed by atoms with van der Waals surface area (Å²) in [5.41, 5.74) is 2.18. The van der Waals surface area contributed by atoms with Crippen molar-refractivity contribution in [3.63, 3.8) is 0 Å². The molecule has 1 aliphatic heterocycles. The average molecular weight is 447 g/mol. The number of fused-ring (bicyclic) bond motifs is 1. The first kappa shape index (κ1) is 22.0. The maximum Gasteiger partial charge on any atom is 0.471 e. The predicted octanol–water partition coefficient (Wildman–Crippen LogP) is 2.47. The summed E-state index contributed by atoms with van der Waals surface area (Å²) in [5, 5.41) is 20.4. The number of hydrogen-bond donors (Lipinski definition) is 3. The van der Waals surface area contributed by atoms with Gasteiger partial charge in [0.25, 0.3) is 0 Å². The minimum atomic E-state index is -4.03. The number of furan rings is 1. The summed E-state index contributed by atoms with van der Waals surface area (Å²) >= 11 is 0. The first-order chi connectivity index (χ1) is 14.8. The van der Waals surface area contributed by atoms with Crippen LogP contribution in [-0.4, -0.2) is 38.1 Å². The molecule has 0 aliphatic carbocycles. The van der Waals surface area contributed by atoms with Gasteiger partial charge in [0.05, 0.1) is 24.1 Å². The van der Waals surface area contributed by atoms with Crippen LogP contribution in [-0.2, 0) is 26.9 Å². The first-order valence-corrected chi connectivity index (χ1v) is 11.7. The summed E-state index contributed by atoms with van der Waals surface area (Å²) < 4.78 is 53.0. The van der Waals surface area contributed by atoms with Crippen LogP contribution in [0.5, 0.6) is 0 Å². The molecule has 2 atom stereocenters. The molecular weight excluding hydrogens is 424 g/mol. The Labute approximate surface area is 180 Å². The van der Waals surface area contributed by atoms with Crippen molar-refractivity contribution in [2.45, 2.75) is 37.1 Å². The average Bonchev–Trinajstić information content (AvgIpc) is 3.38. The summed E-state index contributed by atoms with van der Waals surface area (Å²) in [5.74, 6) is -2.25. The van der Waals surface area contributed by atoms with E-state index in [1.165, 1.54) is 18.4 Å². The normalized spacial score (nSPS) is 17.8. The van der Waals surface area contributed by atoms with Crippen molar-refractivity contribution in [2.24, 2.45) is 0 Å². The van der Waals surface area contributed by atoms with Gasteiger partial charge in [0.2, 0.25) is 10.0 Å². The van der Waals surface area contributed by atoms with Crippen LogP contribution in [0.2, 0.25) is 0 Å². The number of para-hydroxylation sites is 1. The summed E-state index contributed by atoms with van der Waals surface area (Å²) in [6.07, 6.45) is 2.79. The molecule has 0 bridgehead atoms. The van der Waals surface area contributed by atoms with Gasteiger partial charge in [-0.05, 0) is 54.2 Å². The zero-order valence-corrected chi connectivity index (χ0v) is 17.5. The fourth-order valence-corrected chi connectivity index (χ4v) is 5.36. The minimum Gasteiger partial charge on any atom is -0.464 e. The standard InChI is InChI=1S/C21H23BFNO6S/c23-16-7-8-18(19-6-3-9-29-19)15(10-16)13-31(27,28)24-21(22(25)26)11-14-12-30-20-5-2-1-4-17(14)20/h1-2,4-5,7-8,10,12,19,21,24-26H,3,6,9,11,13H2/t19?,21-/m0/s1. The summed E-state index contributed by atoms with van der Waals surface area (Å²) in [6, 6.07) is 11.2. The molecule has 1 aromatic heterocycles. The minimum absolute atomic E-state index is 0.00958. The van der Waals surface area contributed by atoms with E-state index in [1.807, 2.05) is 12.1 Å². The molecule has 1 saturated heterocycles. The van der Waals surface area contributed by atoms with Crippen molar-refractivity contribution in [1.29, 1.82) is 0 Å². The number of nitrogens with one attached hydrogen (secondary N) is 1. The van der Waals surface area contributed by atoms with Gasteiger partial charge in [-0.3, -0.25) is 0 Å². The van der Waals surface area contributed by atoms with Crippen LogP contribution in [0, 0.1) is 5.82 Å². The second kappa shape index (κ2) is 9.09. The highest BCUT2D eigenvalue weighted by Crippen LogP contribution is 2.32. The number of hydrogen-bond acceptors (Lipinski definition) is 6. The van der Waals surface area contributed by atoms with Crippen molar-refractivity contribution in [3.8, 4) is 0 Å². The first-order valence-electron chi connectivity index (χ1n) is 10.0. The lowest BCUT2D eigenvalue weighted by Crippen LogP contribution is -2.48. The number of halogens is 1. The lowest BCUT2D eigenvalue weighted by molar-refractivity contribution is 0.111. The molecule has 164 valence electrons. The summed E-state index contributed by atoms with van der Waals surface area (Å²) in [6.45, 7) is 0.573. The van der Waals surface area contributed by atoms with E-state index in [0.717, 1.165) is 18.2 Å². The van der Waals surface area contributed by atoms with Gasteiger partial charge in [0.1, 0.15) is 11.4 Å². The smallest absolute Gasteiger partial charge is 0.464 e. The van der Waals surface area contributed by atoms with Crippen LogP contribution in [0.4, 0.5) is 4.39 Å². The van der Waals surface area contributed by atoms with E-state index in [2.05, 4.69) is 4.72 Å². The van der Waals surface area contributed by atoms with Crippen LogP contribution in [0.25, 0.3) is 11.0 Å². The molecule has 0 saturated carbocycles. The number of sulfonamides is 1. The molecule has 3 N–H and O–H groups in total. The van der Waals surface area contributed by atoms with Crippen LogP contribution >= 0.6 is 0 Å². The molecule has 2 heterocycles. The fourth-order valence-electron chi connectivity index (χ4n) is 3.95. The Hall–Kier alpha value is -2.24. The van der Waals surface area contributed by atoms with Crippen molar-refractivity contribution >= 4 is 28.1 Å². The van der Waals surface area contributed by atoms with Gasteiger partial charge in [-0.25, -0.2) is 17.5 Å². The molecule has 1 fully saturated rings. The third-order valence-corrected chi connectivity index (χ3v) is 6.77. The van der Waals surface area contributed by atoms with E-state index >= 15 is 0 Å². The molecule has 0 amide bonds. The van der Waals surface area contributed by atoms with E-state index < -0.39 is 34.7 Å². The van der Waals surface area contributed by atoms with Crippen molar-refractivity contribution in [3.05, 3.63) is 71.2 Å². The second-order valence-electron chi connectivity index (χ2n) is 7.70. The maximum atomic E-state index is 13.9. The Morgan fingerprint density at radius 1 is 1.19 bits per heavy atom. The van der Waals surface area contributed by atoms with Gasteiger partial charge in [-0.15, -0.1) is 0 Å². The van der Waals surface area contributed by atoms with Crippen molar-refractivity contribution in [1.82, 2.24) is 4.72 Å². The predicted molar refractivity (Wildman–Crippen MR) is 114 cm³/mol. The third-order valence-electron chi connectivity index (χ3n) is 5.42. The Morgan fingerprint density at radius 2 is 2.00 bits per heavy atom. The molecule has 2 aromatic carbocycles. The molecule has 0 radical (unpaired) electrons. The van der Waals surface area contributed by atoms with E-state index in [1.54, 1.807) is 18.2 Å². The van der Waals surface area contributed by atoms with Crippen LogP contribution < -0.4 is 4.72 Å². The van der Waals surface area contributed by atoms with E-state index in [4.69, 9.17) is 9.15 Å². The third kappa shape index (κ3) is 5.16. The SMILES string of the molecule is O=S(=O)(Cc1cc(F)ccc1C1CCCO1)N[C@@H](Cc1coc2ccccc12)B(O)O. The van der Waals surface area contributed by atoms with Gasteiger partial charge < -0.3 is 19.2 Å². The van der Waals surface area contributed by atoms with Gasteiger partial charge >= 0.3 is 7.12 Å². The number of rotatable bonds is 8. The molecule has 31 heavy (non-hydrogen) atoms. The van der Waals surface area contributed by atoms with Gasteiger partial charge in [0, 0.05) is 12.0 Å². The Morgan fingerprint density at radius 3 is 2.74 bits per heavy atom. The Balaban J connectivity index is 1.55. The van der Waals surface area contributed by atoms with Gasteiger partial charge in [0.15, 0.2) is 0 Å². The van der Waals surface area contributed by atoms with E-state index in [0.29, 0.717) is 28.9 Å².